The van der Waals surface area contributed by atoms with E-state index in [4.69, 9.17) is 0 Å². The Balaban J connectivity index is 2.38. The molecule has 0 aliphatic heterocycles. The van der Waals surface area contributed by atoms with Crippen LogP contribution in [0, 0.1) is 0 Å². The summed E-state index contributed by atoms with van der Waals surface area (Å²) in [5.74, 6) is -0.491. The fourth-order valence-corrected chi connectivity index (χ4v) is 1.70. The van der Waals surface area contributed by atoms with Gasteiger partial charge in [0.2, 0.25) is 5.88 Å². The Morgan fingerprint density at radius 1 is 1.25 bits per heavy atom. The molecule has 0 saturated heterocycles. The van der Waals surface area contributed by atoms with E-state index in [1.807, 2.05) is 30.3 Å². The summed E-state index contributed by atoms with van der Waals surface area (Å²) in [6.45, 7) is 1.79. The Labute approximate surface area is 114 Å². The Morgan fingerprint density at radius 3 is 2.55 bits per heavy atom. The lowest BCUT2D eigenvalue weighted by Crippen LogP contribution is -2.28. The molecule has 0 spiro atoms. The van der Waals surface area contributed by atoms with Gasteiger partial charge in [-0.2, -0.15) is 5.10 Å². The molecule has 0 aliphatic rings. The first-order valence-electron chi connectivity index (χ1n) is 6.05. The zero-order valence-corrected chi connectivity index (χ0v) is 10.8. The molecule has 20 heavy (non-hydrogen) atoms. The molecular formula is C13H14N4O3. The van der Waals surface area contributed by atoms with Crippen LogP contribution in [0.3, 0.4) is 0 Å². The van der Waals surface area contributed by atoms with Gasteiger partial charge in [-0.15, -0.1) is 0 Å². The van der Waals surface area contributed by atoms with E-state index in [1.165, 1.54) is 0 Å². The zero-order chi connectivity index (χ0) is 14.5. The predicted molar refractivity (Wildman–Crippen MR) is 76.2 cm³/mol. The number of aromatic nitrogens is 2. The number of aromatic amines is 2. The number of rotatable bonds is 4. The molecule has 0 atom stereocenters. The lowest BCUT2D eigenvalue weighted by atomic mass is 10.1. The van der Waals surface area contributed by atoms with Crippen molar-refractivity contribution in [3.8, 4) is 5.88 Å². The Morgan fingerprint density at radius 2 is 1.95 bits per heavy atom. The van der Waals surface area contributed by atoms with Crippen LogP contribution in [0.25, 0.3) is 0 Å². The number of benzene rings is 1. The third-order valence-corrected chi connectivity index (χ3v) is 2.64. The van der Waals surface area contributed by atoms with Gasteiger partial charge >= 0.3 is 5.69 Å². The van der Waals surface area contributed by atoms with Gasteiger partial charge in [0, 0.05) is 0 Å². The van der Waals surface area contributed by atoms with Crippen LogP contribution in [0.1, 0.15) is 18.9 Å². The summed E-state index contributed by atoms with van der Waals surface area (Å²) in [6.07, 6.45) is 0.405. The van der Waals surface area contributed by atoms with Gasteiger partial charge in [0.15, 0.2) is 0 Å². The van der Waals surface area contributed by atoms with Crippen LogP contribution >= 0.6 is 0 Å². The van der Waals surface area contributed by atoms with Crippen molar-refractivity contribution in [1.82, 2.24) is 9.97 Å². The van der Waals surface area contributed by atoms with E-state index in [2.05, 4.69) is 20.5 Å². The lowest BCUT2D eigenvalue weighted by molar-refractivity contribution is 0.447. The molecule has 1 heterocycles. The second kappa shape index (κ2) is 5.87. The third-order valence-electron chi connectivity index (χ3n) is 2.64. The summed E-state index contributed by atoms with van der Waals surface area (Å²) in [7, 11) is 0. The number of nitrogens with one attached hydrogen (secondary N) is 3. The summed E-state index contributed by atoms with van der Waals surface area (Å²) < 4.78 is 0. The molecule has 2 aromatic rings. The number of hydrazone groups is 1. The van der Waals surface area contributed by atoms with E-state index in [0.717, 1.165) is 5.69 Å². The average molecular weight is 274 g/mol. The van der Waals surface area contributed by atoms with E-state index in [-0.39, 0.29) is 5.56 Å². The molecule has 4 N–H and O–H groups in total. The zero-order valence-electron chi connectivity index (χ0n) is 10.8. The van der Waals surface area contributed by atoms with E-state index in [1.54, 1.807) is 6.92 Å². The fraction of sp³-hybridized carbons (Fsp3) is 0.154. The van der Waals surface area contributed by atoms with E-state index >= 15 is 0 Å². The molecule has 1 aromatic heterocycles. The molecule has 7 nitrogen and oxygen atoms in total. The van der Waals surface area contributed by atoms with Crippen molar-refractivity contribution >= 4 is 11.4 Å². The highest BCUT2D eigenvalue weighted by atomic mass is 16.3. The van der Waals surface area contributed by atoms with Crippen molar-refractivity contribution < 1.29 is 5.11 Å². The maximum Gasteiger partial charge on any atom is 0.328 e. The van der Waals surface area contributed by atoms with Gasteiger partial charge in [0.25, 0.3) is 5.56 Å². The topological polar surface area (TPSA) is 110 Å². The SMILES string of the molecule is CC/C(=N\Nc1ccccc1)c1c(O)[nH]c(=O)[nH]c1=O. The Kier molecular flexibility index (Phi) is 3.99. The standard InChI is InChI=1S/C13H14N4O3/c1-2-9(17-16-8-6-4-3-5-7-8)10-11(18)14-13(20)15-12(10)19/h3-7,16H,2H2,1H3,(H3,14,15,18,19,20)/b17-9+. The lowest BCUT2D eigenvalue weighted by Gasteiger charge is -2.06. The first-order chi connectivity index (χ1) is 9.61. The van der Waals surface area contributed by atoms with Crippen LogP contribution < -0.4 is 16.7 Å². The highest BCUT2D eigenvalue weighted by Crippen LogP contribution is 2.11. The van der Waals surface area contributed by atoms with Gasteiger partial charge < -0.3 is 5.11 Å². The van der Waals surface area contributed by atoms with Crippen LogP contribution in [-0.4, -0.2) is 20.8 Å². The largest absolute Gasteiger partial charge is 0.494 e. The third kappa shape index (κ3) is 2.94. The van der Waals surface area contributed by atoms with Crippen LogP contribution in [0.15, 0.2) is 45.0 Å². The van der Waals surface area contributed by atoms with Crippen molar-refractivity contribution in [2.45, 2.75) is 13.3 Å². The molecule has 0 radical (unpaired) electrons. The quantitative estimate of drug-likeness (QED) is 0.492. The first kappa shape index (κ1) is 13.6. The molecule has 7 heteroatoms. The summed E-state index contributed by atoms with van der Waals surface area (Å²) in [6, 6.07) is 9.18. The van der Waals surface area contributed by atoms with Crippen LogP contribution in [0.5, 0.6) is 5.88 Å². The summed E-state index contributed by atoms with van der Waals surface area (Å²) >= 11 is 0. The maximum atomic E-state index is 11.7. The minimum atomic E-state index is -0.761. The van der Waals surface area contributed by atoms with Gasteiger partial charge in [0.05, 0.1) is 11.4 Å². The second-order valence-electron chi connectivity index (χ2n) is 4.02. The van der Waals surface area contributed by atoms with Gasteiger partial charge in [-0.1, -0.05) is 25.1 Å². The van der Waals surface area contributed by atoms with Crippen molar-refractivity contribution in [1.29, 1.82) is 0 Å². The van der Waals surface area contributed by atoms with Crippen molar-refractivity contribution in [3.63, 3.8) is 0 Å². The number of H-pyrrole nitrogens is 2. The molecule has 0 amide bonds. The monoisotopic (exact) mass is 274 g/mol. The minimum Gasteiger partial charge on any atom is -0.494 e. The average Bonchev–Trinajstić information content (AvgIpc) is 2.42. The molecule has 0 bridgehead atoms. The number of aromatic hydroxyl groups is 1. The Bertz CT molecular complexity index is 731. The summed E-state index contributed by atoms with van der Waals surface area (Å²) in [5.41, 5.74) is 2.39. The molecule has 2 rings (SSSR count). The van der Waals surface area contributed by atoms with Gasteiger partial charge in [-0.25, -0.2) is 4.79 Å². The number of anilines is 1. The second-order valence-corrected chi connectivity index (χ2v) is 4.02. The number of hydrogen-bond donors (Lipinski definition) is 4. The fourth-order valence-electron chi connectivity index (χ4n) is 1.70. The molecule has 1 aromatic carbocycles. The van der Waals surface area contributed by atoms with Gasteiger partial charge in [0.1, 0.15) is 5.56 Å². The van der Waals surface area contributed by atoms with Gasteiger partial charge in [-0.3, -0.25) is 20.2 Å². The Hall–Kier alpha value is -2.83. The first-order valence-corrected chi connectivity index (χ1v) is 6.05. The van der Waals surface area contributed by atoms with Crippen LogP contribution in [-0.2, 0) is 0 Å². The highest BCUT2D eigenvalue weighted by molar-refractivity contribution is 6.02. The minimum absolute atomic E-state index is 0.0458. The molecule has 0 unspecified atom stereocenters. The maximum absolute atomic E-state index is 11.7. The smallest absolute Gasteiger partial charge is 0.328 e. The highest BCUT2D eigenvalue weighted by Gasteiger charge is 2.14. The number of para-hydroxylation sites is 1. The normalized spacial score (nSPS) is 11.3. The molecule has 0 aliphatic carbocycles. The van der Waals surface area contributed by atoms with E-state index in [9.17, 15) is 14.7 Å². The van der Waals surface area contributed by atoms with E-state index < -0.39 is 17.1 Å². The molecular weight excluding hydrogens is 260 g/mol. The molecule has 0 saturated carbocycles. The van der Waals surface area contributed by atoms with E-state index in [0.29, 0.717) is 12.1 Å². The van der Waals surface area contributed by atoms with Crippen molar-refractivity contribution in [2.75, 3.05) is 5.43 Å². The van der Waals surface area contributed by atoms with Crippen molar-refractivity contribution in [3.05, 3.63) is 56.7 Å². The van der Waals surface area contributed by atoms with Crippen molar-refractivity contribution in [2.24, 2.45) is 5.10 Å². The summed E-state index contributed by atoms with van der Waals surface area (Å²) in [5, 5.41) is 13.8. The molecule has 104 valence electrons. The summed E-state index contributed by atoms with van der Waals surface area (Å²) in [4.78, 5) is 26.9. The predicted octanol–water partition coefficient (Wildman–Crippen LogP) is 0.995. The van der Waals surface area contributed by atoms with Crippen LogP contribution in [0.2, 0.25) is 0 Å². The number of hydrogen-bond acceptors (Lipinski definition) is 5. The number of nitrogens with zero attached hydrogens (tertiary/aromatic N) is 1. The van der Waals surface area contributed by atoms with Gasteiger partial charge in [-0.05, 0) is 18.6 Å². The molecule has 0 fully saturated rings. The van der Waals surface area contributed by atoms with Crippen LogP contribution in [0.4, 0.5) is 5.69 Å².